The van der Waals surface area contributed by atoms with Gasteiger partial charge >= 0.3 is 0 Å². The molecule has 1 aromatic rings. The summed E-state index contributed by atoms with van der Waals surface area (Å²) >= 11 is 0. The number of benzene rings is 1. The summed E-state index contributed by atoms with van der Waals surface area (Å²) in [4.78, 5) is 2.42. The highest BCUT2D eigenvalue weighted by Gasteiger charge is 2.22. The van der Waals surface area contributed by atoms with Crippen LogP contribution in [0.25, 0.3) is 0 Å². The van der Waals surface area contributed by atoms with Crippen molar-refractivity contribution in [1.29, 1.82) is 5.26 Å². The molecule has 0 spiro atoms. The van der Waals surface area contributed by atoms with Crippen molar-refractivity contribution in [2.24, 2.45) is 0 Å². The second kappa shape index (κ2) is 5.81. The van der Waals surface area contributed by atoms with Crippen LogP contribution in [0.2, 0.25) is 0 Å². The minimum atomic E-state index is 0.253. The van der Waals surface area contributed by atoms with E-state index in [0.717, 1.165) is 26.2 Å². The Morgan fingerprint density at radius 1 is 1.35 bits per heavy atom. The first-order chi connectivity index (χ1) is 8.33. The summed E-state index contributed by atoms with van der Waals surface area (Å²) in [6.45, 7) is 6.23. The molecule has 1 aliphatic rings. The second-order valence-electron chi connectivity index (χ2n) is 4.52. The maximum absolute atomic E-state index is 9.03. The number of hydrogen-bond donors (Lipinski definition) is 1. The van der Waals surface area contributed by atoms with E-state index < -0.39 is 0 Å². The lowest BCUT2D eigenvalue weighted by Gasteiger charge is -2.34. The highest BCUT2D eigenvalue weighted by molar-refractivity contribution is 5.29. The molecule has 0 aromatic heterocycles. The van der Waals surface area contributed by atoms with E-state index >= 15 is 0 Å². The average molecular weight is 229 g/mol. The predicted molar refractivity (Wildman–Crippen MR) is 68.6 cm³/mol. The van der Waals surface area contributed by atoms with E-state index in [2.05, 4.69) is 47.5 Å². The van der Waals surface area contributed by atoms with E-state index in [1.54, 1.807) is 0 Å². The Balaban J connectivity index is 2.22. The number of aryl methyl sites for hydroxylation is 1. The standard InChI is InChI=1S/C14H19N3/c1-12-4-2-3-5-13(12)14(6-7-15)17-10-8-16-9-11-17/h2-5,14,16H,6,8-11H2,1H3/t14-/m0/s1. The largest absolute Gasteiger partial charge is 0.314 e. The van der Waals surface area contributed by atoms with Crippen molar-refractivity contribution in [3.05, 3.63) is 35.4 Å². The van der Waals surface area contributed by atoms with Crippen LogP contribution in [0, 0.1) is 18.3 Å². The Hall–Kier alpha value is -1.37. The summed E-state index contributed by atoms with van der Waals surface area (Å²) in [5.74, 6) is 0. The first-order valence-electron chi connectivity index (χ1n) is 6.20. The molecular weight excluding hydrogens is 210 g/mol. The van der Waals surface area contributed by atoms with Gasteiger partial charge in [0.1, 0.15) is 0 Å². The van der Waals surface area contributed by atoms with Gasteiger partial charge in [0, 0.05) is 32.2 Å². The average Bonchev–Trinajstić information content (AvgIpc) is 2.38. The number of hydrogen-bond acceptors (Lipinski definition) is 3. The van der Waals surface area contributed by atoms with Crippen LogP contribution in [-0.2, 0) is 0 Å². The van der Waals surface area contributed by atoms with Gasteiger partial charge in [-0.15, -0.1) is 0 Å². The molecule has 0 radical (unpaired) electrons. The van der Waals surface area contributed by atoms with Gasteiger partial charge in [-0.1, -0.05) is 24.3 Å². The number of nitrogens with zero attached hydrogens (tertiary/aromatic N) is 2. The zero-order valence-corrected chi connectivity index (χ0v) is 10.3. The Morgan fingerprint density at radius 2 is 2.06 bits per heavy atom. The zero-order valence-electron chi connectivity index (χ0n) is 10.3. The molecule has 0 saturated carbocycles. The van der Waals surface area contributed by atoms with Crippen LogP contribution in [0.1, 0.15) is 23.6 Å². The van der Waals surface area contributed by atoms with Gasteiger partial charge in [-0.3, -0.25) is 4.90 Å². The van der Waals surface area contributed by atoms with Gasteiger partial charge < -0.3 is 5.32 Å². The topological polar surface area (TPSA) is 39.1 Å². The van der Waals surface area contributed by atoms with Crippen molar-refractivity contribution in [3.63, 3.8) is 0 Å². The fourth-order valence-electron chi connectivity index (χ4n) is 2.48. The van der Waals surface area contributed by atoms with Crippen molar-refractivity contribution < 1.29 is 0 Å². The van der Waals surface area contributed by atoms with Crippen LogP contribution in [0.4, 0.5) is 0 Å². The van der Waals surface area contributed by atoms with E-state index in [1.165, 1.54) is 11.1 Å². The maximum atomic E-state index is 9.03. The van der Waals surface area contributed by atoms with E-state index in [0.29, 0.717) is 6.42 Å². The zero-order chi connectivity index (χ0) is 12.1. The third-order valence-electron chi connectivity index (χ3n) is 3.42. The molecule has 1 heterocycles. The Labute approximate surface area is 103 Å². The summed E-state index contributed by atoms with van der Waals surface area (Å²) in [6.07, 6.45) is 0.574. The van der Waals surface area contributed by atoms with Crippen LogP contribution in [0.3, 0.4) is 0 Å². The molecule has 0 aliphatic carbocycles. The molecule has 3 heteroatoms. The first kappa shape index (κ1) is 12.1. The molecule has 1 fully saturated rings. The number of nitrogens with one attached hydrogen (secondary N) is 1. The first-order valence-corrected chi connectivity index (χ1v) is 6.20. The number of rotatable bonds is 3. The van der Waals surface area contributed by atoms with Crippen LogP contribution < -0.4 is 5.32 Å². The molecule has 0 unspecified atom stereocenters. The van der Waals surface area contributed by atoms with Crippen molar-refractivity contribution >= 4 is 0 Å². The van der Waals surface area contributed by atoms with Crippen molar-refractivity contribution in [2.75, 3.05) is 26.2 Å². The molecule has 1 N–H and O–H groups in total. The van der Waals surface area contributed by atoms with Crippen LogP contribution in [0.15, 0.2) is 24.3 Å². The molecule has 90 valence electrons. The van der Waals surface area contributed by atoms with Crippen molar-refractivity contribution in [1.82, 2.24) is 10.2 Å². The third-order valence-corrected chi connectivity index (χ3v) is 3.42. The highest BCUT2D eigenvalue weighted by atomic mass is 15.2. The summed E-state index contributed by atoms with van der Waals surface area (Å²) in [5, 5.41) is 12.4. The Morgan fingerprint density at radius 3 is 2.71 bits per heavy atom. The van der Waals surface area contributed by atoms with Crippen LogP contribution in [-0.4, -0.2) is 31.1 Å². The van der Waals surface area contributed by atoms with Gasteiger partial charge in [0.15, 0.2) is 0 Å². The summed E-state index contributed by atoms with van der Waals surface area (Å²) in [5.41, 5.74) is 2.59. The van der Waals surface area contributed by atoms with Crippen molar-refractivity contribution in [3.8, 4) is 6.07 Å². The number of piperazine rings is 1. The lowest BCUT2D eigenvalue weighted by atomic mass is 9.97. The fraction of sp³-hybridized carbons (Fsp3) is 0.500. The SMILES string of the molecule is Cc1ccccc1[C@H](CC#N)N1CCNCC1. The minimum absolute atomic E-state index is 0.253. The van der Waals surface area contributed by atoms with E-state index in [-0.39, 0.29) is 6.04 Å². The van der Waals surface area contributed by atoms with Gasteiger partial charge in [-0.2, -0.15) is 5.26 Å². The molecule has 2 rings (SSSR count). The third kappa shape index (κ3) is 2.85. The summed E-state index contributed by atoms with van der Waals surface area (Å²) in [7, 11) is 0. The molecule has 0 bridgehead atoms. The molecule has 1 aromatic carbocycles. The summed E-state index contributed by atoms with van der Waals surface area (Å²) < 4.78 is 0. The van der Waals surface area contributed by atoms with E-state index in [9.17, 15) is 0 Å². The molecule has 1 atom stereocenters. The fourth-order valence-corrected chi connectivity index (χ4v) is 2.48. The Kier molecular flexibility index (Phi) is 4.13. The number of nitriles is 1. The van der Waals surface area contributed by atoms with E-state index in [4.69, 9.17) is 5.26 Å². The van der Waals surface area contributed by atoms with Gasteiger partial charge in [0.2, 0.25) is 0 Å². The van der Waals surface area contributed by atoms with Gasteiger partial charge in [0.25, 0.3) is 0 Å². The molecule has 1 saturated heterocycles. The Bertz CT molecular complexity index is 402. The van der Waals surface area contributed by atoms with Gasteiger partial charge in [0.05, 0.1) is 12.5 Å². The molecule has 0 amide bonds. The smallest absolute Gasteiger partial charge is 0.0641 e. The van der Waals surface area contributed by atoms with Crippen LogP contribution >= 0.6 is 0 Å². The molecule has 1 aliphatic heterocycles. The van der Waals surface area contributed by atoms with Crippen molar-refractivity contribution in [2.45, 2.75) is 19.4 Å². The van der Waals surface area contributed by atoms with Crippen LogP contribution in [0.5, 0.6) is 0 Å². The quantitative estimate of drug-likeness (QED) is 0.860. The molecule has 17 heavy (non-hydrogen) atoms. The lowest BCUT2D eigenvalue weighted by Crippen LogP contribution is -2.45. The monoisotopic (exact) mass is 229 g/mol. The predicted octanol–water partition coefficient (Wildman–Crippen LogP) is 1.85. The second-order valence-corrected chi connectivity index (χ2v) is 4.52. The maximum Gasteiger partial charge on any atom is 0.0641 e. The van der Waals surface area contributed by atoms with Gasteiger partial charge in [-0.25, -0.2) is 0 Å². The normalized spacial score (nSPS) is 18.6. The van der Waals surface area contributed by atoms with E-state index in [1.807, 2.05) is 0 Å². The minimum Gasteiger partial charge on any atom is -0.314 e. The molecular formula is C14H19N3. The van der Waals surface area contributed by atoms with Gasteiger partial charge in [-0.05, 0) is 18.1 Å². The lowest BCUT2D eigenvalue weighted by molar-refractivity contribution is 0.175. The molecule has 3 nitrogen and oxygen atoms in total. The summed E-state index contributed by atoms with van der Waals surface area (Å²) in [6, 6.07) is 11.0. The highest BCUT2D eigenvalue weighted by Crippen LogP contribution is 2.26.